The third-order valence-electron chi connectivity index (χ3n) is 3.88. The second kappa shape index (κ2) is 17.6. The largest absolute Gasteiger partial charge is 1.00 e. The number of rotatable bonds is 7. The van der Waals surface area contributed by atoms with Crippen molar-refractivity contribution in [2.24, 2.45) is 5.92 Å². The molecule has 0 saturated carbocycles. The van der Waals surface area contributed by atoms with Gasteiger partial charge in [0, 0.05) is 24.6 Å². The molecule has 7 heteroatoms. The second-order valence-electron chi connectivity index (χ2n) is 6.32. The fourth-order valence-corrected chi connectivity index (χ4v) is 2.09. The minimum absolute atomic E-state index is 0. The van der Waals surface area contributed by atoms with E-state index in [2.05, 4.69) is 43.2 Å². The molecule has 28 heavy (non-hydrogen) atoms. The van der Waals surface area contributed by atoms with Crippen LogP contribution in [0.1, 0.15) is 56.7 Å². The van der Waals surface area contributed by atoms with E-state index in [1.807, 2.05) is 0 Å². The van der Waals surface area contributed by atoms with Crippen molar-refractivity contribution in [2.75, 3.05) is 11.9 Å². The number of carboxylic acids is 2. The molecule has 2 heterocycles. The van der Waals surface area contributed by atoms with Crippen molar-refractivity contribution in [3.05, 3.63) is 44.2 Å². The molecule has 0 amide bonds. The SMILES string of the molecule is [CH2-]CCC(=O)O.[CH2-]CCCc1ccc2c(n1)NCCC2.[CH2-]C[C@H](C)C(=O)O.[Li+]. The zero-order chi connectivity index (χ0) is 20.7. The Morgan fingerprint density at radius 2 is 1.89 bits per heavy atom. The molecule has 0 aliphatic carbocycles. The predicted molar refractivity (Wildman–Crippen MR) is 108 cm³/mol. The molecule has 0 fully saturated rings. The van der Waals surface area contributed by atoms with Crippen LogP contribution in [0.3, 0.4) is 0 Å². The summed E-state index contributed by atoms with van der Waals surface area (Å²) in [6.45, 7) is 13.3. The maximum Gasteiger partial charge on any atom is 1.00 e. The molecule has 154 valence electrons. The molecule has 0 bridgehead atoms. The molecule has 1 aromatic rings. The molecule has 3 N–H and O–H groups in total. The molecule has 0 saturated heterocycles. The first-order valence-corrected chi connectivity index (χ1v) is 9.40. The molecular formula is C21H33LiN2O4-2. The zero-order valence-electron chi connectivity index (χ0n) is 17.4. The molecule has 0 unspecified atom stereocenters. The van der Waals surface area contributed by atoms with Crippen LogP contribution in [0.25, 0.3) is 0 Å². The summed E-state index contributed by atoms with van der Waals surface area (Å²) in [6.07, 6.45) is 6.71. The first-order valence-electron chi connectivity index (χ1n) is 9.40. The normalized spacial score (nSPS) is 12.4. The number of nitrogens with one attached hydrogen (secondary N) is 1. The summed E-state index contributed by atoms with van der Waals surface area (Å²) < 4.78 is 0. The third kappa shape index (κ3) is 13.6. The number of hydrogen-bond donors (Lipinski definition) is 3. The van der Waals surface area contributed by atoms with E-state index in [0.29, 0.717) is 12.8 Å². The number of fused-ring (bicyclic) bond motifs is 1. The molecular weight excluding hydrogens is 351 g/mol. The van der Waals surface area contributed by atoms with Crippen molar-refractivity contribution >= 4 is 17.8 Å². The van der Waals surface area contributed by atoms with Crippen LogP contribution in [0.15, 0.2) is 12.1 Å². The van der Waals surface area contributed by atoms with E-state index in [4.69, 9.17) is 10.2 Å². The van der Waals surface area contributed by atoms with Crippen LogP contribution in [0.2, 0.25) is 0 Å². The monoisotopic (exact) mass is 384 g/mol. The molecule has 1 aromatic heterocycles. The average molecular weight is 384 g/mol. The van der Waals surface area contributed by atoms with E-state index in [1.165, 1.54) is 24.1 Å². The minimum Gasteiger partial charge on any atom is -0.481 e. The van der Waals surface area contributed by atoms with Gasteiger partial charge in [-0.05, 0) is 30.9 Å². The first-order chi connectivity index (χ1) is 12.8. The number of carbonyl (C=O) groups is 2. The number of aromatic nitrogens is 1. The Morgan fingerprint density at radius 1 is 1.21 bits per heavy atom. The number of pyridine rings is 1. The summed E-state index contributed by atoms with van der Waals surface area (Å²) in [5, 5.41) is 19.4. The second-order valence-corrected chi connectivity index (χ2v) is 6.32. The molecule has 2 rings (SSSR count). The predicted octanol–water partition coefficient (Wildman–Crippen LogP) is 1.22. The minimum atomic E-state index is -0.773. The van der Waals surface area contributed by atoms with Crippen molar-refractivity contribution < 1.29 is 38.7 Å². The average Bonchev–Trinajstić information content (AvgIpc) is 2.66. The van der Waals surface area contributed by atoms with E-state index in [1.54, 1.807) is 6.92 Å². The van der Waals surface area contributed by atoms with Gasteiger partial charge in [0.25, 0.3) is 0 Å². The van der Waals surface area contributed by atoms with Gasteiger partial charge in [0.05, 0.1) is 0 Å². The van der Waals surface area contributed by atoms with Crippen molar-refractivity contribution in [2.45, 2.75) is 58.3 Å². The Balaban J connectivity index is 0. The van der Waals surface area contributed by atoms with Gasteiger partial charge < -0.3 is 36.3 Å². The van der Waals surface area contributed by atoms with Gasteiger partial charge in [-0.25, -0.2) is 4.98 Å². The van der Waals surface area contributed by atoms with E-state index in [9.17, 15) is 9.59 Å². The molecule has 1 aliphatic heterocycles. The maximum atomic E-state index is 9.89. The summed E-state index contributed by atoms with van der Waals surface area (Å²) in [7, 11) is 0. The van der Waals surface area contributed by atoms with Crippen LogP contribution in [0.4, 0.5) is 5.82 Å². The molecule has 0 aromatic carbocycles. The summed E-state index contributed by atoms with van der Waals surface area (Å²) >= 11 is 0. The number of carboxylic acid groups (broad SMARTS) is 2. The number of nitrogens with zero attached hydrogens (tertiary/aromatic N) is 1. The number of anilines is 1. The molecule has 1 atom stereocenters. The molecule has 0 spiro atoms. The first kappa shape index (κ1) is 28.7. The van der Waals surface area contributed by atoms with Crippen molar-refractivity contribution in [1.82, 2.24) is 4.98 Å². The number of hydrogen-bond acceptors (Lipinski definition) is 4. The number of aliphatic carboxylic acids is 2. The van der Waals surface area contributed by atoms with Gasteiger partial charge in [-0.3, -0.25) is 9.59 Å². The van der Waals surface area contributed by atoms with Crippen molar-refractivity contribution in [3.63, 3.8) is 0 Å². The third-order valence-corrected chi connectivity index (χ3v) is 3.88. The maximum absolute atomic E-state index is 9.89. The number of unbranched alkanes of at least 4 members (excludes halogenated alkanes) is 1. The van der Waals surface area contributed by atoms with Gasteiger partial charge in [0.15, 0.2) is 0 Å². The van der Waals surface area contributed by atoms with Crippen LogP contribution in [0, 0.1) is 26.7 Å². The number of aryl methyl sites for hydroxylation is 2. The Bertz CT molecular complexity index is 567. The van der Waals surface area contributed by atoms with E-state index < -0.39 is 11.9 Å². The van der Waals surface area contributed by atoms with Crippen molar-refractivity contribution in [3.8, 4) is 0 Å². The van der Waals surface area contributed by atoms with Crippen molar-refractivity contribution in [1.29, 1.82) is 0 Å². The van der Waals surface area contributed by atoms with Gasteiger partial charge in [0.1, 0.15) is 5.82 Å². The summed E-state index contributed by atoms with van der Waals surface area (Å²) in [6, 6.07) is 4.37. The molecule has 6 nitrogen and oxygen atoms in total. The smallest absolute Gasteiger partial charge is 0.481 e. The van der Waals surface area contributed by atoms with E-state index in [-0.39, 0.29) is 31.2 Å². The van der Waals surface area contributed by atoms with Crippen LogP contribution >= 0.6 is 0 Å². The topological polar surface area (TPSA) is 99.5 Å². The van der Waals surface area contributed by atoms with E-state index in [0.717, 1.165) is 31.6 Å². The standard InChI is InChI=1S/C12H17N2.C5H9O2.C4H7O2.Li/c1-2-3-6-11-8-7-10-5-4-9-13-12(10)14-11;1-3-4(2)5(6)7;1-2-3-4(5)6;/h7-8H,1-6,9H2,(H,13,14);4H,1,3H2,2H3,(H,6,7);1-3H2,(H,5,6);/q3*-1;+1/t;4-;;/m.0../s1. The van der Waals surface area contributed by atoms with Crippen LogP contribution in [-0.2, 0) is 22.4 Å². The van der Waals surface area contributed by atoms with Crippen LogP contribution in [0.5, 0.6) is 0 Å². The fraction of sp³-hybridized carbons (Fsp3) is 0.524. The summed E-state index contributed by atoms with van der Waals surface area (Å²) in [5.41, 5.74) is 2.57. The summed E-state index contributed by atoms with van der Waals surface area (Å²) in [4.78, 5) is 24.1. The van der Waals surface area contributed by atoms with Gasteiger partial charge in [-0.2, -0.15) is 19.3 Å². The fourth-order valence-electron chi connectivity index (χ4n) is 2.09. The van der Waals surface area contributed by atoms with Gasteiger partial charge in [-0.1, -0.05) is 19.4 Å². The van der Waals surface area contributed by atoms with Crippen LogP contribution in [-0.4, -0.2) is 33.7 Å². The van der Waals surface area contributed by atoms with Gasteiger partial charge in [0.2, 0.25) is 0 Å². The zero-order valence-corrected chi connectivity index (χ0v) is 17.4. The quantitative estimate of drug-likeness (QED) is 0.483. The van der Waals surface area contributed by atoms with Crippen LogP contribution < -0.4 is 24.2 Å². The summed E-state index contributed by atoms with van der Waals surface area (Å²) in [5.74, 6) is -0.724. The Morgan fingerprint density at radius 3 is 2.32 bits per heavy atom. The van der Waals surface area contributed by atoms with E-state index >= 15 is 0 Å². The molecule has 1 aliphatic rings. The Kier molecular flexibility index (Phi) is 18.0. The van der Waals surface area contributed by atoms with Gasteiger partial charge >= 0.3 is 30.8 Å². The Labute approximate surface area is 181 Å². The molecule has 0 radical (unpaired) electrons. The Hall–Kier alpha value is -1.51. The van der Waals surface area contributed by atoms with Gasteiger partial charge in [-0.15, -0.1) is 0 Å².